The molecule has 0 spiro atoms. The van der Waals surface area contributed by atoms with Crippen molar-refractivity contribution in [1.82, 2.24) is 4.90 Å². The van der Waals surface area contributed by atoms with Gasteiger partial charge in [-0.15, -0.1) is 0 Å². The number of nitrogens with zero attached hydrogens (tertiary/aromatic N) is 1. The normalized spacial score (nSPS) is 26.6. The van der Waals surface area contributed by atoms with Crippen molar-refractivity contribution in [2.45, 2.75) is 43.2 Å². The van der Waals surface area contributed by atoms with Crippen molar-refractivity contribution in [3.63, 3.8) is 0 Å². The van der Waals surface area contributed by atoms with E-state index in [1.165, 1.54) is 32.4 Å². The quantitative estimate of drug-likeness (QED) is 0.924. The van der Waals surface area contributed by atoms with E-state index in [0.29, 0.717) is 17.0 Å². The molecular formula is C15H22N2O2S. The molecule has 1 aromatic rings. The van der Waals surface area contributed by atoms with E-state index in [1.54, 1.807) is 19.1 Å². The molecule has 3 rings (SSSR count). The molecule has 1 N–H and O–H groups in total. The molecule has 5 heteroatoms. The number of sulfone groups is 1. The Morgan fingerprint density at radius 3 is 2.65 bits per heavy atom. The van der Waals surface area contributed by atoms with Crippen molar-refractivity contribution < 1.29 is 8.42 Å². The molecule has 2 saturated heterocycles. The number of hydrogen-bond donors (Lipinski definition) is 1. The van der Waals surface area contributed by atoms with Crippen LogP contribution in [0.15, 0.2) is 29.2 Å². The first-order valence-electron chi connectivity index (χ1n) is 7.43. The molecule has 0 saturated carbocycles. The number of anilines is 1. The molecule has 4 nitrogen and oxygen atoms in total. The highest BCUT2D eigenvalue weighted by Gasteiger charge is 2.36. The third-order valence-corrected chi connectivity index (χ3v) is 6.30. The highest BCUT2D eigenvalue weighted by atomic mass is 32.2. The van der Waals surface area contributed by atoms with E-state index in [2.05, 4.69) is 10.2 Å². The smallest absolute Gasteiger partial charge is 0.178 e. The van der Waals surface area contributed by atoms with Crippen LogP contribution in [0.5, 0.6) is 0 Å². The number of rotatable bonds is 4. The number of hydrogen-bond acceptors (Lipinski definition) is 4. The zero-order valence-electron chi connectivity index (χ0n) is 11.9. The van der Waals surface area contributed by atoms with Crippen molar-refractivity contribution in [3.05, 3.63) is 24.3 Å². The summed E-state index contributed by atoms with van der Waals surface area (Å²) in [6, 6.07) is 8.37. The van der Waals surface area contributed by atoms with Gasteiger partial charge in [-0.1, -0.05) is 6.92 Å². The summed E-state index contributed by atoms with van der Waals surface area (Å²) in [5, 5.41) is 3.57. The van der Waals surface area contributed by atoms with Crippen LogP contribution in [0, 0.1) is 0 Å². The van der Waals surface area contributed by atoms with Crippen LogP contribution in [0.3, 0.4) is 0 Å². The van der Waals surface area contributed by atoms with E-state index in [-0.39, 0.29) is 5.75 Å². The molecule has 0 aliphatic carbocycles. The summed E-state index contributed by atoms with van der Waals surface area (Å²) in [7, 11) is -3.09. The molecule has 2 aliphatic rings. The van der Waals surface area contributed by atoms with Crippen LogP contribution in [0.1, 0.15) is 26.2 Å². The summed E-state index contributed by atoms with van der Waals surface area (Å²) in [6.07, 6.45) is 3.76. The van der Waals surface area contributed by atoms with Gasteiger partial charge in [0.25, 0.3) is 0 Å². The molecule has 0 amide bonds. The minimum Gasteiger partial charge on any atom is -0.381 e. The highest BCUT2D eigenvalue weighted by Crippen LogP contribution is 2.30. The fraction of sp³-hybridized carbons (Fsp3) is 0.600. The number of benzene rings is 1. The lowest BCUT2D eigenvalue weighted by molar-refractivity contribution is 0.318. The maximum Gasteiger partial charge on any atom is 0.178 e. The van der Waals surface area contributed by atoms with Gasteiger partial charge in [0.15, 0.2) is 9.84 Å². The first-order chi connectivity index (χ1) is 9.60. The molecule has 2 fully saturated rings. The van der Waals surface area contributed by atoms with Crippen molar-refractivity contribution >= 4 is 15.5 Å². The van der Waals surface area contributed by atoms with Crippen LogP contribution in [0.25, 0.3) is 0 Å². The van der Waals surface area contributed by atoms with Crippen LogP contribution in [-0.4, -0.2) is 44.2 Å². The summed E-state index contributed by atoms with van der Waals surface area (Å²) >= 11 is 0. The Morgan fingerprint density at radius 2 is 1.95 bits per heavy atom. The van der Waals surface area contributed by atoms with Crippen molar-refractivity contribution in [2.75, 3.05) is 24.2 Å². The van der Waals surface area contributed by atoms with Gasteiger partial charge in [-0.25, -0.2) is 8.42 Å². The van der Waals surface area contributed by atoms with Gasteiger partial charge in [0, 0.05) is 24.3 Å². The first-order valence-corrected chi connectivity index (χ1v) is 9.09. The van der Waals surface area contributed by atoms with E-state index in [4.69, 9.17) is 0 Å². The first kappa shape index (κ1) is 13.9. The predicted octanol–water partition coefficient (Wildman–Crippen LogP) is 2.13. The van der Waals surface area contributed by atoms with Gasteiger partial charge in [-0.05, 0) is 50.1 Å². The monoisotopic (exact) mass is 294 g/mol. The second-order valence-corrected chi connectivity index (χ2v) is 7.99. The van der Waals surface area contributed by atoms with Crippen LogP contribution >= 0.6 is 0 Å². The van der Waals surface area contributed by atoms with Crippen molar-refractivity contribution in [1.29, 1.82) is 0 Å². The molecule has 20 heavy (non-hydrogen) atoms. The third-order valence-electron chi connectivity index (χ3n) is 4.55. The SMILES string of the molecule is CCS(=O)(=O)c1ccc(NC2CCN3CCCC23)cc1. The number of fused-ring (bicyclic) bond motifs is 1. The topological polar surface area (TPSA) is 49.4 Å². The molecule has 2 heterocycles. The molecule has 110 valence electrons. The summed E-state index contributed by atoms with van der Waals surface area (Å²) in [6.45, 7) is 4.09. The van der Waals surface area contributed by atoms with Crippen LogP contribution < -0.4 is 5.32 Å². The molecule has 1 aromatic carbocycles. The van der Waals surface area contributed by atoms with E-state index >= 15 is 0 Å². The van der Waals surface area contributed by atoms with E-state index in [1.807, 2.05) is 12.1 Å². The second kappa shape index (κ2) is 5.37. The Morgan fingerprint density at radius 1 is 1.20 bits per heavy atom. The van der Waals surface area contributed by atoms with E-state index in [9.17, 15) is 8.42 Å². The Hall–Kier alpha value is -1.07. The average molecular weight is 294 g/mol. The molecule has 2 unspecified atom stereocenters. The zero-order chi connectivity index (χ0) is 14.2. The van der Waals surface area contributed by atoms with Gasteiger partial charge < -0.3 is 5.32 Å². The van der Waals surface area contributed by atoms with Crippen molar-refractivity contribution in [3.8, 4) is 0 Å². The third kappa shape index (κ3) is 2.56. The molecule has 0 aromatic heterocycles. The molecule has 0 bridgehead atoms. The fourth-order valence-corrected chi connectivity index (χ4v) is 4.27. The maximum absolute atomic E-state index is 11.8. The lowest BCUT2D eigenvalue weighted by Crippen LogP contribution is -2.33. The molecular weight excluding hydrogens is 272 g/mol. The second-order valence-electron chi connectivity index (χ2n) is 5.71. The summed E-state index contributed by atoms with van der Waals surface area (Å²) in [4.78, 5) is 2.98. The van der Waals surface area contributed by atoms with Gasteiger partial charge in [0.1, 0.15) is 0 Å². The van der Waals surface area contributed by atoms with Crippen molar-refractivity contribution in [2.24, 2.45) is 0 Å². The molecule has 2 atom stereocenters. The van der Waals surface area contributed by atoms with Gasteiger partial charge in [0.05, 0.1) is 10.6 Å². The van der Waals surface area contributed by atoms with Gasteiger partial charge in [0.2, 0.25) is 0 Å². The van der Waals surface area contributed by atoms with E-state index in [0.717, 1.165) is 5.69 Å². The van der Waals surface area contributed by atoms with Crippen LogP contribution in [0.4, 0.5) is 5.69 Å². The Balaban J connectivity index is 1.70. The summed E-state index contributed by atoms with van der Waals surface area (Å²) in [5.74, 6) is 0.152. The highest BCUT2D eigenvalue weighted by molar-refractivity contribution is 7.91. The minimum atomic E-state index is -3.09. The number of nitrogens with one attached hydrogen (secondary N) is 1. The summed E-state index contributed by atoms with van der Waals surface area (Å²) in [5.41, 5.74) is 1.03. The van der Waals surface area contributed by atoms with Crippen LogP contribution in [0.2, 0.25) is 0 Å². The average Bonchev–Trinajstić information content (AvgIpc) is 3.04. The van der Waals surface area contributed by atoms with Gasteiger partial charge in [-0.3, -0.25) is 4.90 Å². The lowest BCUT2D eigenvalue weighted by Gasteiger charge is -2.22. The Labute approximate surface area is 121 Å². The Kier molecular flexibility index (Phi) is 3.73. The zero-order valence-corrected chi connectivity index (χ0v) is 12.7. The van der Waals surface area contributed by atoms with Gasteiger partial charge in [-0.2, -0.15) is 0 Å². The van der Waals surface area contributed by atoms with Gasteiger partial charge >= 0.3 is 0 Å². The van der Waals surface area contributed by atoms with Crippen LogP contribution in [-0.2, 0) is 9.84 Å². The van der Waals surface area contributed by atoms with E-state index < -0.39 is 9.84 Å². The fourth-order valence-electron chi connectivity index (χ4n) is 3.39. The Bertz CT molecular complexity index is 568. The maximum atomic E-state index is 11.8. The summed E-state index contributed by atoms with van der Waals surface area (Å²) < 4.78 is 23.6. The molecule has 0 radical (unpaired) electrons. The standard InChI is InChI=1S/C15H22N2O2S/c1-2-20(18,19)13-7-5-12(6-8-13)16-14-9-11-17-10-3-4-15(14)17/h5-8,14-16H,2-4,9-11H2,1H3. The largest absolute Gasteiger partial charge is 0.381 e. The lowest BCUT2D eigenvalue weighted by atomic mass is 10.1. The minimum absolute atomic E-state index is 0.152. The predicted molar refractivity (Wildman–Crippen MR) is 80.8 cm³/mol. The molecule has 2 aliphatic heterocycles.